The van der Waals surface area contributed by atoms with E-state index in [1.54, 1.807) is 13.3 Å². The average Bonchev–Trinajstić information content (AvgIpc) is 3.35. The lowest BCUT2D eigenvalue weighted by Crippen LogP contribution is -2.09. The lowest BCUT2D eigenvalue weighted by molar-refractivity contribution is 0.103. The van der Waals surface area contributed by atoms with Gasteiger partial charge < -0.3 is 4.74 Å². The molecule has 3 aromatic heterocycles. The number of aromatic nitrogens is 3. The van der Waals surface area contributed by atoms with Gasteiger partial charge in [-0.25, -0.2) is 0 Å². The summed E-state index contributed by atoms with van der Waals surface area (Å²) in [5.74, 6) is 0.603. The summed E-state index contributed by atoms with van der Waals surface area (Å²) >= 11 is 2.75. The number of rotatable bonds is 5. The molecule has 0 saturated heterocycles. The van der Waals surface area contributed by atoms with Gasteiger partial charge in [-0.1, -0.05) is 29.5 Å². The zero-order valence-electron chi connectivity index (χ0n) is 15.2. The number of nitrogens with zero attached hydrogens (tertiary/aromatic N) is 3. The summed E-state index contributed by atoms with van der Waals surface area (Å²) in [6, 6.07) is 15.3. The van der Waals surface area contributed by atoms with Gasteiger partial charge in [-0.2, -0.15) is 0 Å². The van der Waals surface area contributed by atoms with Crippen molar-refractivity contribution in [2.75, 3.05) is 12.4 Å². The number of hydrogen-bond acceptors (Lipinski definition) is 7. The Morgan fingerprint density at radius 2 is 1.89 bits per heavy atom. The Morgan fingerprint density at radius 3 is 2.61 bits per heavy atom. The Balaban J connectivity index is 1.52. The summed E-state index contributed by atoms with van der Waals surface area (Å²) in [7, 11) is 1.64. The average molecular weight is 409 g/mol. The molecule has 28 heavy (non-hydrogen) atoms. The quantitative estimate of drug-likeness (QED) is 0.508. The van der Waals surface area contributed by atoms with E-state index in [1.165, 1.54) is 22.7 Å². The van der Waals surface area contributed by atoms with Gasteiger partial charge in [-0.3, -0.25) is 15.1 Å². The number of nitrogens with one attached hydrogen (secondary N) is 1. The SMILES string of the molecule is COc1ccc(-c2cc(C(=O)Nc3nnc(-c4ccccn4)s3)sc2C)cc1. The van der Waals surface area contributed by atoms with Crippen LogP contribution in [-0.4, -0.2) is 28.2 Å². The van der Waals surface area contributed by atoms with Crippen LogP contribution < -0.4 is 10.1 Å². The number of aryl methyl sites for hydroxylation is 1. The number of benzene rings is 1. The smallest absolute Gasteiger partial charge is 0.267 e. The van der Waals surface area contributed by atoms with Crippen LogP contribution in [0.15, 0.2) is 54.7 Å². The summed E-state index contributed by atoms with van der Waals surface area (Å²) < 4.78 is 5.20. The van der Waals surface area contributed by atoms with Gasteiger partial charge in [-0.05, 0) is 48.4 Å². The maximum atomic E-state index is 12.7. The van der Waals surface area contributed by atoms with Crippen molar-refractivity contribution in [3.05, 3.63) is 64.5 Å². The number of pyridine rings is 1. The molecule has 0 aliphatic rings. The van der Waals surface area contributed by atoms with E-state index >= 15 is 0 Å². The summed E-state index contributed by atoms with van der Waals surface area (Å²) in [6.07, 6.45) is 1.70. The molecule has 6 nitrogen and oxygen atoms in total. The van der Waals surface area contributed by atoms with Gasteiger partial charge in [0.25, 0.3) is 5.91 Å². The molecule has 0 aliphatic carbocycles. The minimum Gasteiger partial charge on any atom is -0.497 e. The Kier molecular flexibility index (Phi) is 5.14. The fourth-order valence-electron chi connectivity index (χ4n) is 2.68. The van der Waals surface area contributed by atoms with Gasteiger partial charge in [0.2, 0.25) is 5.13 Å². The van der Waals surface area contributed by atoms with Gasteiger partial charge in [-0.15, -0.1) is 21.5 Å². The minimum atomic E-state index is -0.198. The summed E-state index contributed by atoms with van der Waals surface area (Å²) in [5, 5.41) is 12.1. The van der Waals surface area contributed by atoms with Crippen molar-refractivity contribution in [3.63, 3.8) is 0 Å². The van der Waals surface area contributed by atoms with Crippen molar-refractivity contribution in [2.24, 2.45) is 0 Å². The molecule has 0 atom stereocenters. The molecule has 0 unspecified atom stereocenters. The zero-order valence-corrected chi connectivity index (χ0v) is 16.8. The first-order valence-corrected chi connectivity index (χ1v) is 10.1. The third kappa shape index (κ3) is 3.78. The van der Waals surface area contributed by atoms with Gasteiger partial charge in [0.1, 0.15) is 11.4 Å². The third-order valence-electron chi connectivity index (χ3n) is 4.07. The monoisotopic (exact) mass is 408 g/mol. The maximum absolute atomic E-state index is 12.7. The highest BCUT2D eigenvalue weighted by molar-refractivity contribution is 7.18. The van der Waals surface area contributed by atoms with Crippen LogP contribution in [0.5, 0.6) is 5.75 Å². The van der Waals surface area contributed by atoms with Crippen LogP contribution in [0.3, 0.4) is 0 Å². The van der Waals surface area contributed by atoms with Gasteiger partial charge in [0, 0.05) is 11.1 Å². The first-order valence-electron chi connectivity index (χ1n) is 8.45. The van der Waals surface area contributed by atoms with E-state index in [9.17, 15) is 4.79 Å². The Morgan fingerprint density at radius 1 is 1.07 bits per heavy atom. The van der Waals surface area contributed by atoms with Crippen LogP contribution in [0.1, 0.15) is 14.5 Å². The van der Waals surface area contributed by atoms with Gasteiger partial charge >= 0.3 is 0 Å². The largest absolute Gasteiger partial charge is 0.497 e. The van der Waals surface area contributed by atoms with Gasteiger partial charge in [0.15, 0.2) is 5.01 Å². The van der Waals surface area contributed by atoms with Crippen LogP contribution in [0.4, 0.5) is 5.13 Å². The van der Waals surface area contributed by atoms with E-state index in [1.807, 2.05) is 55.5 Å². The molecule has 140 valence electrons. The molecule has 0 spiro atoms. The summed E-state index contributed by atoms with van der Waals surface area (Å²) in [4.78, 5) is 18.6. The first-order chi connectivity index (χ1) is 13.6. The molecule has 1 N–H and O–H groups in total. The molecular formula is C20H16N4O2S2. The number of thiophene rings is 1. The molecule has 4 rings (SSSR count). The topological polar surface area (TPSA) is 77.0 Å². The van der Waals surface area contributed by atoms with Crippen LogP contribution in [0.25, 0.3) is 21.8 Å². The molecule has 1 aromatic carbocycles. The fraction of sp³-hybridized carbons (Fsp3) is 0.100. The molecule has 0 fully saturated rings. The number of hydrogen-bond donors (Lipinski definition) is 1. The van der Waals surface area contributed by atoms with Crippen molar-refractivity contribution in [2.45, 2.75) is 6.92 Å². The highest BCUT2D eigenvalue weighted by Gasteiger charge is 2.16. The zero-order chi connectivity index (χ0) is 19.5. The van der Waals surface area contributed by atoms with Crippen molar-refractivity contribution >= 4 is 33.7 Å². The second kappa shape index (κ2) is 7.87. The van der Waals surface area contributed by atoms with E-state index in [0.29, 0.717) is 15.0 Å². The minimum absolute atomic E-state index is 0.198. The molecule has 1 amide bonds. The number of amides is 1. The van der Waals surface area contributed by atoms with Crippen LogP contribution in [-0.2, 0) is 0 Å². The molecule has 4 aromatic rings. The van der Waals surface area contributed by atoms with E-state index < -0.39 is 0 Å². The maximum Gasteiger partial charge on any atom is 0.267 e. The lowest BCUT2D eigenvalue weighted by atomic mass is 10.1. The number of methoxy groups -OCH3 is 1. The predicted molar refractivity (Wildman–Crippen MR) is 112 cm³/mol. The molecule has 3 heterocycles. The highest BCUT2D eigenvalue weighted by Crippen LogP contribution is 2.33. The van der Waals surface area contributed by atoms with Crippen molar-refractivity contribution in [3.8, 4) is 27.6 Å². The fourth-order valence-corrected chi connectivity index (χ4v) is 4.33. The second-order valence-corrected chi connectivity index (χ2v) is 8.12. The number of ether oxygens (including phenoxy) is 1. The highest BCUT2D eigenvalue weighted by atomic mass is 32.1. The standard InChI is InChI=1S/C20H16N4O2S2/c1-12-15(13-6-8-14(26-2)9-7-13)11-17(27-12)18(25)22-20-24-23-19(28-20)16-5-3-4-10-21-16/h3-11H,1-2H3,(H,22,24,25). The van der Waals surface area contributed by atoms with Gasteiger partial charge in [0.05, 0.1) is 12.0 Å². The Bertz CT molecular complexity index is 1100. The van der Waals surface area contributed by atoms with E-state index in [0.717, 1.165) is 27.4 Å². The molecule has 0 aliphatic heterocycles. The van der Waals surface area contributed by atoms with Crippen LogP contribution in [0.2, 0.25) is 0 Å². The number of carbonyl (C=O) groups excluding carboxylic acids is 1. The molecule has 0 bridgehead atoms. The summed E-state index contributed by atoms with van der Waals surface area (Å²) in [5.41, 5.74) is 2.81. The molecular weight excluding hydrogens is 392 g/mol. The van der Waals surface area contributed by atoms with E-state index in [-0.39, 0.29) is 5.91 Å². The van der Waals surface area contributed by atoms with Crippen LogP contribution in [0, 0.1) is 6.92 Å². The molecule has 0 saturated carbocycles. The van der Waals surface area contributed by atoms with Crippen molar-refractivity contribution < 1.29 is 9.53 Å². The normalized spacial score (nSPS) is 10.6. The molecule has 0 radical (unpaired) electrons. The Hall–Kier alpha value is -3.10. The third-order valence-corrected chi connectivity index (χ3v) is 5.98. The Labute approximate surface area is 169 Å². The predicted octanol–water partition coefficient (Wildman–Crippen LogP) is 4.90. The lowest BCUT2D eigenvalue weighted by Gasteiger charge is -2.02. The molecule has 8 heteroatoms. The second-order valence-electron chi connectivity index (χ2n) is 5.89. The number of carbonyl (C=O) groups is 1. The van der Waals surface area contributed by atoms with Crippen molar-refractivity contribution in [1.29, 1.82) is 0 Å². The van der Waals surface area contributed by atoms with E-state index in [2.05, 4.69) is 20.5 Å². The first kappa shape index (κ1) is 18.3. The number of anilines is 1. The summed E-state index contributed by atoms with van der Waals surface area (Å²) in [6.45, 7) is 2.01. The van der Waals surface area contributed by atoms with E-state index in [4.69, 9.17) is 4.74 Å². The van der Waals surface area contributed by atoms with Crippen LogP contribution >= 0.6 is 22.7 Å². The van der Waals surface area contributed by atoms with Crippen molar-refractivity contribution in [1.82, 2.24) is 15.2 Å².